The smallest absolute Gasteiger partial charge is 0.137 e. The van der Waals surface area contributed by atoms with Gasteiger partial charge in [-0.05, 0) is 57.0 Å². The molecule has 20 heavy (non-hydrogen) atoms. The summed E-state index contributed by atoms with van der Waals surface area (Å²) in [6.07, 6.45) is 4.36. The molecule has 1 atom stereocenters. The monoisotopic (exact) mass is 271 g/mol. The molecule has 1 unspecified atom stereocenters. The molecule has 3 rings (SSSR count). The summed E-state index contributed by atoms with van der Waals surface area (Å²) in [6, 6.07) is 7.13. The lowest BCUT2D eigenvalue weighted by atomic mass is 9.91. The molecule has 2 aromatic heterocycles. The average Bonchev–Trinajstić information content (AvgIpc) is 2.90. The molecule has 0 saturated carbocycles. The molecule has 0 amide bonds. The first kappa shape index (κ1) is 13.6. The summed E-state index contributed by atoms with van der Waals surface area (Å²) < 4.78 is 0. The molecule has 1 saturated heterocycles. The average molecular weight is 271 g/mol. The van der Waals surface area contributed by atoms with E-state index in [1.54, 1.807) is 0 Å². The number of nitrogens with one attached hydrogen (secondary N) is 1. The number of H-pyrrole nitrogens is 1. The van der Waals surface area contributed by atoms with Gasteiger partial charge in [-0.15, -0.1) is 0 Å². The molecule has 1 N–H and O–H groups in total. The van der Waals surface area contributed by atoms with Crippen molar-refractivity contribution in [2.24, 2.45) is 5.92 Å². The molecule has 3 heterocycles. The lowest BCUT2D eigenvalue weighted by molar-refractivity contribution is 0.130. The minimum atomic E-state index is 0.666. The van der Waals surface area contributed by atoms with Crippen LogP contribution in [0.3, 0.4) is 0 Å². The van der Waals surface area contributed by atoms with Crippen LogP contribution in [0.4, 0.5) is 0 Å². The van der Waals surface area contributed by atoms with Gasteiger partial charge in [0.25, 0.3) is 0 Å². The molecule has 0 spiro atoms. The van der Waals surface area contributed by atoms with Gasteiger partial charge >= 0.3 is 0 Å². The lowest BCUT2D eigenvalue weighted by Crippen LogP contribution is -2.41. The highest BCUT2D eigenvalue weighted by atomic mass is 15.2. The SMILES string of the molecule is CC(C)C(C)N1CCC(c2cc3cccnc3[nH]2)CC1. The summed E-state index contributed by atoms with van der Waals surface area (Å²) in [7, 11) is 0. The van der Waals surface area contributed by atoms with Crippen molar-refractivity contribution in [1.29, 1.82) is 0 Å². The third-order valence-electron chi connectivity index (χ3n) is 4.92. The Labute approximate surface area is 121 Å². The maximum Gasteiger partial charge on any atom is 0.137 e. The summed E-state index contributed by atoms with van der Waals surface area (Å²) in [6.45, 7) is 9.43. The second kappa shape index (κ2) is 5.57. The molecular weight excluding hydrogens is 246 g/mol. The lowest BCUT2D eigenvalue weighted by Gasteiger charge is -2.37. The van der Waals surface area contributed by atoms with Crippen LogP contribution in [0.5, 0.6) is 0 Å². The highest BCUT2D eigenvalue weighted by Crippen LogP contribution is 2.30. The predicted octanol–water partition coefficient (Wildman–Crippen LogP) is 3.79. The van der Waals surface area contributed by atoms with Gasteiger partial charge < -0.3 is 9.88 Å². The number of aromatic amines is 1. The maximum atomic E-state index is 4.40. The summed E-state index contributed by atoms with van der Waals surface area (Å²) >= 11 is 0. The van der Waals surface area contributed by atoms with Gasteiger partial charge in [-0.1, -0.05) is 13.8 Å². The second-order valence-corrected chi connectivity index (χ2v) is 6.46. The molecule has 108 valence electrons. The number of nitrogens with zero attached hydrogens (tertiary/aromatic N) is 2. The van der Waals surface area contributed by atoms with Crippen LogP contribution in [0, 0.1) is 5.92 Å². The number of hydrogen-bond donors (Lipinski definition) is 1. The molecule has 0 bridgehead atoms. The molecular formula is C17H25N3. The fourth-order valence-corrected chi connectivity index (χ4v) is 3.24. The molecule has 1 fully saturated rings. The fourth-order valence-electron chi connectivity index (χ4n) is 3.24. The number of fused-ring (bicyclic) bond motifs is 1. The molecule has 0 aliphatic carbocycles. The Morgan fingerprint density at radius 2 is 2.00 bits per heavy atom. The minimum absolute atomic E-state index is 0.666. The predicted molar refractivity (Wildman–Crippen MR) is 83.9 cm³/mol. The van der Waals surface area contributed by atoms with E-state index in [2.05, 4.69) is 47.8 Å². The molecule has 1 aliphatic rings. The van der Waals surface area contributed by atoms with Gasteiger partial charge in [-0.2, -0.15) is 0 Å². The van der Waals surface area contributed by atoms with E-state index in [9.17, 15) is 0 Å². The highest BCUT2D eigenvalue weighted by molar-refractivity contribution is 5.76. The summed E-state index contributed by atoms with van der Waals surface area (Å²) in [5, 5.41) is 1.24. The van der Waals surface area contributed by atoms with Gasteiger partial charge in [-0.3, -0.25) is 0 Å². The Morgan fingerprint density at radius 1 is 1.25 bits per heavy atom. The van der Waals surface area contributed by atoms with Crippen LogP contribution in [0.2, 0.25) is 0 Å². The normalized spacial score (nSPS) is 19.8. The standard InChI is InChI=1S/C17H25N3/c1-12(2)13(3)20-9-6-14(7-10-20)16-11-15-5-4-8-18-17(15)19-16/h4-5,8,11-14H,6-7,9-10H2,1-3H3,(H,18,19). The first-order valence-corrected chi connectivity index (χ1v) is 7.83. The summed E-state index contributed by atoms with van der Waals surface area (Å²) in [4.78, 5) is 10.5. The van der Waals surface area contributed by atoms with Crippen LogP contribution in [-0.4, -0.2) is 34.0 Å². The molecule has 0 aromatic carbocycles. The largest absolute Gasteiger partial charge is 0.343 e. The van der Waals surface area contributed by atoms with Crippen molar-refractivity contribution in [1.82, 2.24) is 14.9 Å². The zero-order valence-electron chi connectivity index (χ0n) is 12.8. The van der Waals surface area contributed by atoms with Crippen LogP contribution in [0.15, 0.2) is 24.4 Å². The van der Waals surface area contributed by atoms with Crippen LogP contribution in [-0.2, 0) is 0 Å². The third kappa shape index (κ3) is 2.59. The Morgan fingerprint density at radius 3 is 2.65 bits per heavy atom. The Balaban J connectivity index is 1.68. The van der Waals surface area contributed by atoms with Gasteiger partial charge in [0.1, 0.15) is 5.65 Å². The fraction of sp³-hybridized carbons (Fsp3) is 0.588. The van der Waals surface area contributed by atoms with Crippen molar-refractivity contribution in [3.8, 4) is 0 Å². The van der Waals surface area contributed by atoms with Gasteiger partial charge in [0.15, 0.2) is 0 Å². The van der Waals surface area contributed by atoms with Gasteiger partial charge in [0, 0.05) is 29.2 Å². The van der Waals surface area contributed by atoms with Crippen molar-refractivity contribution in [2.45, 2.75) is 45.6 Å². The van der Waals surface area contributed by atoms with E-state index < -0.39 is 0 Å². The van der Waals surface area contributed by atoms with Crippen molar-refractivity contribution in [2.75, 3.05) is 13.1 Å². The first-order valence-electron chi connectivity index (χ1n) is 7.83. The third-order valence-corrected chi connectivity index (χ3v) is 4.92. The van der Waals surface area contributed by atoms with Crippen LogP contribution < -0.4 is 0 Å². The van der Waals surface area contributed by atoms with E-state index in [0.717, 1.165) is 11.6 Å². The first-order chi connectivity index (χ1) is 9.65. The highest BCUT2D eigenvalue weighted by Gasteiger charge is 2.25. The van der Waals surface area contributed by atoms with Crippen molar-refractivity contribution in [3.63, 3.8) is 0 Å². The van der Waals surface area contributed by atoms with Crippen molar-refractivity contribution in [3.05, 3.63) is 30.1 Å². The maximum absolute atomic E-state index is 4.40. The molecule has 0 radical (unpaired) electrons. The van der Waals surface area contributed by atoms with Crippen molar-refractivity contribution < 1.29 is 0 Å². The van der Waals surface area contributed by atoms with Gasteiger partial charge in [-0.25, -0.2) is 4.98 Å². The van der Waals surface area contributed by atoms with Crippen LogP contribution in [0.25, 0.3) is 11.0 Å². The van der Waals surface area contributed by atoms with Crippen LogP contribution in [0.1, 0.15) is 45.2 Å². The number of aromatic nitrogens is 2. The van der Waals surface area contributed by atoms with Crippen LogP contribution >= 0.6 is 0 Å². The molecule has 2 aromatic rings. The zero-order chi connectivity index (χ0) is 14.1. The van der Waals surface area contributed by atoms with E-state index in [1.807, 2.05) is 12.3 Å². The van der Waals surface area contributed by atoms with E-state index in [-0.39, 0.29) is 0 Å². The Kier molecular flexibility index (Phi) is 3.79. The van der Waals surface area contributed by atoms with E-state index in [4.69, 9.17) is 0 Å². The topological polar surface area (TPSA) is 31.9 Å². The van der Waals surface area contributed by atoms with E-state index in [1.165, 1.54) is 37.0 Å². The molecule has 3 heteroatoms. The number of hydrogen-bond acceptors (Lipinski definition) is 2. The van der Waals surface area contributed by atoms with E-state index in [0.29, 0.717) is 12.0 Å². The summed E-state index contributed by atoms with van der Waals surface area (Å²) in [5.41, 5.74) is 2.40. The number of likely N-dealkylation sites (tertiary alicyclic amines) is 1. The Hall–Kier alpha value is -1.35. The molecule has 1 aliphatic heterocycles. The number of piperidine rings is 1. The minimum Gasteiger partial charge on any atom is -0.343 e. The molecule has 3 nitrogen and oxygen atoms in total. The van der Waals surface area contributed by atoms with E-state index >= 15 is 0 Å². The zero-order valence-corrected chi connectivity index (χ0v) is 12.8. The Bertz CT molecular complexity index is 531. The quantitative estimate of drug-likeness (QED) is 0.921. The van der Waals surface area contributed by atoms with Gasteiger partial charge in [0.05, 0.1) is 0 Å². The number of rotatable bonds is 3. The summed E-state index contributed by atoms with van der Waals surface area (Å²) in [5.74, 6) is 1.41. The number of pyridine rings is 1. The second-order valence-electron chi connectivity index (χ2n) is 6.46. The van der Waals surface area contributed by atoms with Crippen molar-refractivity contribution >= 4 is 11.0 Å². The van der Waals surface area contributed by atoms with Gasteiger partial charge in [0.2, 0.25) is 0 Å².